The number of carbonyl (C=O) groups excluding carboxylic acids is 1. The van der Waals surface area contributed by atoms with Crippen LogP contribution in [0.25, 0.3) is 0 Å². The van der Waals surface area contributed by atoms with E-state index in [1.165, 1.54) is 31.4 Å². The van der Waals surface area contributed by atoms with Crippen molar-refractivity contribution < 1.29 is 22.7 Å². The van der Waals surface area contributed by atoms with E-state index in [9.17, 15) is 13.2 Å². The standard InChI is InChI=1S/C19H30N2O5S/c1-25-17-11-10-16(14-18(17)26-2)21(27(3,23)24)13-12-19(22)20-15-8-6-4-5-7-9-15/h10-11,14-15H,4-9,12-13H2,1-3H3,(H,20,22). The van der Waals surface area contributed by atoms with Crippen molar-refractivity contribution in [3.05, 3.63) is 18.2 Å². The number of rotatable bonds is 8. The SMILES string of the molecule is COc1ccc(N(CCC(=O)NC2CCCCCC2)S(C)(=O)=O)cc1OC. The Balaban J connectivity index is 2.06. The monoisotopic (exact) mass is 398 g/mol. The average Bonchev–Trinajstić information content (AvgIpc) is 2.89. The lowest BCUT2D eigenvalue weighted by atomic mass is 10.1. The van der Waals surface area contributed by atoms with Gasteiger partial charge in [-0.1, -0.05) is 25.7 Å². The highest BCUT2D eigenvalue weighted by molar-refractivity contribution is 7.92. The Bertz CT molecular complexity index is 728. The molecule has 8 heteroatoms. The van der Waals surface area contributed by atoms with Gasteiger partial charge in [0.05, 0.1) is 26.2 Å². The molecule has 0 bridgehead atoms. The number of carbonyl (C=O) groups is 1. The summed E-state index contributed by atoms with van der Waals surface area (Å²) in [6, 6.07) is 5.10. The molecular formula is C19H30N2O5S. The molecule has 1 amide bonds. The first-order chi connectivity index (χ1) is 12.8. The number of nitrogens with one attached hydrogen (secondary N) is 1. The van der Waals surface area contributed by atoms with E-state index in [1.807, 2.05) is 0 Å². The Morgan fingerprint density at radius 2 is 1.74 bits per heavy atom. The number of hydrogen-bond donors (Lipinski definition) is 1. The zero-order valence-electron chi connectivity index (χ0n) is 16.4. The van der Waals surface area contributed by atoms with Crippen molar-refractivity contribution in [3.8, 4) is 11.5 Å². The smallest absolute Gasteiger partial charge is 0.232 e. The molecule has 0 atom stereocenters. The lowest BCUT2D eigenvalue weighted by Gasteiger charge is -2.24. The summed E-state index contributed by atoms with van der Waals surface area (Å²) in [4.78, 5) is 12.3. The van der Waals surface area contributed by atoms with Crippen molar-refractivity contribution in [3.63, 3.8) is 0 Å². The van der Waals surface area contributed by atoms with Gasteiger partial charge in [-0.2, -0.15) is 0 Å². The normalized spacial score (nSPS) is 15.7. The van der Waals surface area contributed by atoms with Crippen molar-refractivity contribution in [1.29, 1.82) is 0 Å². The van der Waals surface area contributed by atoms with Gasteiger partial charge in [-0.3, -0.25) is 9.10 Å². The van der Waals surface area contributed by atoms with Crippen LogP contribution >= 0.6 is 0 Å². The molecule has 1 aliphatic rings. The molecule has 1 aromatic carbocycles. The third-order valence-corrected chi connectivity index (χ3v) is 6.01. The maximum Gasteiger partial charge on any atom is 0.232 e. The minimum absolute atomic E-state index is 0.0763. The summed E-state index contributed by atoms with van der Waals surface area (Å²) in [6.07, 6.45) is 7.93. The summed E-state index contributed by atoms with van der Waals surface area (Å²) >= 11 is 0. The summed E-state index contributed by atoms with van der Waals surface area (Å²) in [6.45, 7) is 0.0763. The van der Waals surface area contributed by atoms with E-state index in [4.69, 9.17) is 9.47 Å². The van der Waals surface area contributed by atoms with Gasteiger partial charge < -0.3 is 14.8 Å². The Labute approximate surface area is 162 Å². The molecule has 0 aliphatic heterocycles. The number of nitrogens with zero attached hydrogens (tertiary/aromatic N) is 1. The minimum atomic E-state index is -3.54. The number of hydrogen-bond acceptors (Lipinski definition) is 5. The zero-order valence-corrected chi connectivity index (χ0v) is 17.2. The van der Waals surface area contributed by atoms with E-state index in [0.29, 0.717) is 17.2 Å². The molecule has 2 rings (SSSR count). The Morgan fingerprint density at radius 3 is 2.30 bits per heavy atom. The van der Waals surface area contributed by atoms with E-state index < -0.39 is 10.0 Å². The number of anilines is 1. The van der Waals surface area contributed by atoms with Gasteiger partial charge in [0.1, 0.15) is 0 Å². The predicted octanol–water partition coefficient (Wildman–Crippen LogP) is 2.70. The van der Waals surface area contributed by atoms with Gasteiger partial charge in [0.15, 0.2) is 11.5 Å². The first kappa shape index (κ1) is 21.3. The quantitative estimate of drug-likeness (QED) is 0.681. The maximum absolute atomic E-state index is 12.3. The molecule has 0 spiro atoms. The van der Waals surface area contributed by atoms with Crippen LogP contribution in [0.4, 0.5) is 5.69 Å². The van der Waals surface area contributed by atoms with E-state index in [0.717, 1.165) is 31.9 Å². The number of amides is 1. The number of ether oxygens (including phenoxy) is 2. The minimum Gasteiger partial charge on any atom is -0.493 e. The fraction of sp³-hybridized carbons (Fsp3) is 0.632. The van der Waals surface area contributed by atoms with E-state index in [2.05, 4.69) is 5.32 Å². The molecule has 1 saturated carbocycles. The summed E-state index contributed by atoms with van der Waals surface area (Å²) < 4.78 is 36.2. The number of methoxy groups -OCH3 is 2. The van der Waals surface area contributed by atoms with Gasteiger partial charge in [-0.15, -0.1) is 0 Å². The van der Waals surface area contributed by atoms with Crippen molar-refractivity contribution in [2.24, 2.45) is 0 Å². The molecule has 7 nitrogen and oxygen atoms in total. The molecule has 0 unspecified atom stereocenters. The molecular weight excluding hydrogens is 368 g/mol. The van der Waals surface area contributed by atoms with Crippen molar-refractivity contribution in [2.75, 3.05) is 31.3 Å². The van der Waals surface area contributed by atoms with Crippen LogP contribution in [0.5, 0.6) is 11.5 Å². The molecule has 0 aromatic heterocycles. The van der Waals surface area contributed by atoms with Gasteiger partial charge in [0.25, 0.3) is 0 Å². The van der Waals surface area contributed by atoms with Gasteiger partial charge in [0.2, 0.25) is 15.9 Å². The van der Waals surface area contributed by atoms with E-state index >= 15 is 0 Å². The van der Waals surface area contributed by atoms with Crippen LogP contribution in [-0.2, 0) is 14.8 Å². The largest absolute Gasteiger partial charge is 0.493 e. The average molecular weight is 399 g/mol. The second-order valence-corrected chi connectivity index (χ2v) is 8.79. The molecule has 1 aliphatic carbocycles. The van der Waals surface area contributed by atoms with Crippen molar-refractivity contribution in [2.45, 2.75) is 51.0 Å². The van der Waals surface area contributed by atoms with Gasteiger partial charge in [0, 0.05) is 25.1 Å². The molecule has 1 fully saturated rings. The second kappa shape index (κ2) is 9.82. The highest BCUT2D eigenvalue weighted by atomic mass is 32.2. The molecule has 1 N–H and O–H groups in total. The fourth-order valence-electron chi connectivity index (χ4n) is 3.39. The highest BCUT2D eigenvalue weighted by Crippen LogP contribution is 2.32. The fourth-order valence-corrected chi connectivity index (χ4v) is 4.31. The summed E-state index contributed by atoms with van der Waals surface area (Å²) in [5.41, 5.74) is 0.442. The molecule has 152 valence electrons. The summed E-state index contributed by atoms with van der Waals surface area (Å²) in [5.74, 6) is 0.836. The van der Waals surface area contributed by atoms with Gasteiger partial charge in [-0.05, 0) is 25.0 Å². The Hall–Kier alpha value is -1.96. The molecule has 1 aromatic rings. The summed E-state index contributed by atoms with van der Waals surface area (Å²) in [7, 11) is -0.530. The van der Waals surface area contributed by atoms with Crippen LogP contribution in [-0.4, -0.2) is 47.4 Å². The van der Waals surface area contributed by atoms with E-state index in [1.54, 1.807) is 18.2 Å². The van der Waals surface area contributed by atoms with Crippen LogP contribution in [0.1, 0.15) is 44.9 Å². The topological polar surface area (TPSA) is 84.9 Å². The maximum atomic E-state index is 12.3. The van der Waals surface area contributed by atoms with E-state index in [-0.39, 0.29) is 24.9 Å². The zero-order chi connectivity index (χ0) is 19.9. The van der Waals surface area contributed by atoms with Crippen LogP contribution < -0.4 is 19.1 Å². The van der Waals surface area contributed by atoms with Crippen LogP contribution in [0.3, 0.4) is 0 Å². The van der Waals surface area contributed by atoms with Crippen LogP contribution in [0.15, 0.2) is 18.2 Å². The first-order valence-corrected chi connectivity index (χ1v) is 11.2. The second-order valence-electron chi connectivity index (χ2n) is 6.88. The Kier molecular flexibility index (Phi) is 7.77. The van der Waals surface area contributed by atoms with Crippen molar-refractivity contribution >= 4 is 21.6 Å². The molecule has 0 saturated heterocycles. The van der Waals surface area contributed by atoms with Crippen LogP contribution in [0.2, 0.25) is 0 Å². The number of sulfonamides is 1. The van der Waals surface area contributed by atoms with Crippen LogP contribution in [0, 0.1) is 0 Å². The van der Waals surface area contributed by atoms with Gasteiger partial charge >= 0.3 is 0 Å². The third-order valence-electron chi connectivity index (χ3n) is 4.82. The number of benzene rings is 1. The Morgan fingerprint density at radius 1 is 1.11 bits per heavy atom. The summed E-state index contributed by atoms with van der Waals surface area (Å²) in [5, 5.41) is 3.05. The lowest BCUT2D eigenvalue weighted by Crippen LogP contribution is -2.38. The predicted molar refractivity (Wildman–Crippen MR) is 106 cm³/mol. The molecule has 0 radical (unpaired) electrons. The van der Waals surface area contributed by atoms with Gasteiger partial charge in [-0.25, -0.2) is 8.42 Å². The third kappa shape index (κ3) is 6.30. The molecule has 0 heterocycles. The first-order valence-electron chi connectivity index (χ1n) is 9.34. The highest BCUT2D eigenvalue weighted by Gasteiger charge is 2.21. The van der Waals surface area contributed by atoms with Crippen molar-refractivity contribution in [1.82, 2.24) is 5.32 Å². The molecule has 27 heavy (non-hydrogen) atoms. The lowest BCUT2D eigenvalue weighted by molar-refractivity contribution is -0.121.